The molecule has 18 nitrogen and oxygen atoms in total. The predicted molar refractivity (Wildman–Crippen MR) is 283 cm³/mol. The van der Waals surface area contributed by atoms with Crippen LogP contribution in [0.15, 0.2) is 162 Å². The van der Waals surface area contributed by atoms with Crippen molar-refractivity contribution in [3.05, 3.63) is 200 Å². The summed E-state index contributed by atoms with van der Waals surface area (Å²) in [6.07, 6.45) is 2.69. The topological polar surface area (TPSA) is 240 Å². The van der Waals surface area contributed by atoms with E-state index in [4.69, 9.17) is 38.7 Å². The second kappa shape index (κ2) is 21.9. The number of aromatic nitrogens is 6. The molecule has 0 radical (unpaired) electrons. The number of oxime groups is 2. The van der Waals surface area contributed by atoms with E-state index in [0.29, 0.717) is 131 Å². The van der Waals surface area contributed by atoms with Crippen LogP contribution in [-0.4, -0.2) is 62.6 Å². The quantitative estimate of drug-likeness (QED) is 0.0856. The van der Waals surface area contributed by atoms with Crippen molar-refractivity contribution < 1.29 is 47.1 Å². The van der Waals surface area contributed by atoms with Crippen molar-refractivity contribution in [3.8, 4) is 11.4 Å². The van der Waals surface area contributed by atoms with Gasteiger partial charge in [0.25, 0.3) is 11.1 Å². The number of benzene rings is 6. The number of aryl methyl sites for hydroxylation is 2. The average Bonchev–Trinajstić information content (AvgIpc) is 4.40. The fourth-order valence-corrected chi connectivity index (χ4v) is 9.41. The van der Waals surface area contributed by atoms with Gasteiger partial charge in [0, 0.05) is 49.7 Å². The van der Waals surface area contributed by atoms with E-state index in [1.54, 1.807) is 36.4 Å². The Labute approximate surface area is 440 Å². The Hall–Kier alpha value is -9.72. The molecule has 20 heteroatoms. The van der Waals surface area contributed by atoms with Crippen molar-refractivity contribution in [1.82, 2.24) is 29.1 Å². The first-order valence-corrected chi connectivity index (χ1v) is 25.2. The molecule has 10 aromatic rings. The lowest BCUT2D eigenvalue weighted by Gasteiger charge is -2.14. The minimum Gasteiger partial charge on any atom is -0.481 e. The lowest BCUT2D eigenvalue weighted by atomic mass is 10.0. The Balaban J connectivity index is 0.000000165. The number of para-hydroxylation sites is 4. The fraction of sp³-hybridized carbons (Fsp3) is 0.207. The van der Waals surface area contributed by atoms with Gasteiger partial charge >= 0.3 is 11.9 Å². The number of carbonyl (C=O) groups is 2. The van der Waals surface area contributed by atoms with Gasteiger partial charge in [-0.05, 0) is 123 Å². The lowest BCUT2D eigenvalue weighted by molar-refractivity contribution is -0.138. The third-order valence-corrected chi connectivity index (χ3v) is 13.3. The first-order valence-electron chi connectivity index (χ1n) is 25.2. The van der Waals surface area contributed by atoms with Crippen molar-refractivity contribution in [2.75, 3.05) is 0 Å². The van der Waals surface area contributed by atoms with E-state index < -0.39 is 35.8 Å². The fourth-order valence-electron chi connectivity index (χ4n) is 9.41. The summed E-state index contributed by atoms with van der Waals surface area (Å²) in [5, 5.41) is 27.3. The molecule has 0 saturated heterocycles. The zero-order valence-corrected chi connectivity index (χ0v) is 41.4. The summed E-state index contributed by atoms with van der Waals surface area (Å²) in [5.74, 6) is -0.756. The van der Waals surface area contributed by atoms with E-state index in [2.05, 4.69) is 20.3 Å². The van der Waals surface area contributed by atoms with Crippen LogP contribution in [0.5, 0.6) is 0 Å². The number of rotatable bonds is 16. The summed E-state index contributed by atoms with van der Waals surface area (Å²) < 4.78 is 41.7. The molecule has 2 aliphatic heterocycles. The molecule has 0 fully saturated rings. The van der Waals surface area contributed by atoms with Crippen LogP contribution in [0.25, 0.3) is 55.4 Å². The molecule has 12 rings (SSSR count). The van der Waals surface area contributed by atoms with Crippen LogP contribution in [0.2, 0.25) is 0 Å². The van der Waals surface area contributed by atoms with Gasteiger partial charge in [0.2, 0.25) is 24.0 Å². The van der Waals surface area contributed by atoms with Crippen LogP contribution < -0.4 is 11.1 Å². The highest BCUT2D eigenvalue weighted by molar-refractivity contribution is 6.04. The summed E-state index contributed by atoms with van der Waals surface area (Å²) in [6, 6.07) is 36.8. The Morgan fingerprint density at radius 2 is 0.923 bits per heavy atom. The van der Waals surface area contributed by atoms with Gasteiger partial charge in [-0.1, -0.05) is 46.7 Å². The Kier molecular flexibility index (Phi) is 14.1. The monoisotopic (exact) mass is 1050 g/mol. The molecule has 2 atom stereocenters. The molecule has 2 aliphatic rings. The highest BCUT2D eigenvalue weighted by atomic mass is 19.1. The summed E-state index contributed by atoms with van der Waals surface area (Å²) in [4.78, 5) is 78.9. The second-order valence-corrected chi connectivity index (χ2v) is 18.7. The van der Waals surface area contributed by atoms with E-state index in [1.165, 1.54) is 57.7 Å². The average molecular weight is 1050 g/mol. The Morgan fingerprint density at radius 3 is 1.32 bits per heavy atom. The molecule has 4 aromatic heterocycles. The second-order valence-electron chi connectivity index (χ2n) is 18.7. The van der Waals surface area contributed by atoms with Crippen molar-refractivity contribution in [2.45, 2.75) is 76.4 Å². The minimum absolute atomic E-state index is 0.0274. The van der Waals surface area contributed by atoms with Crippen molar-refractivity contribution in [1.29, 1.82) is 0 Å². The van der Waals surface area contributed by atoms with Crippen LogP contribution in [0.3, 0.4) is 0 Å². The number of fused-ring (bicyclic) bond motifs is 4. The zero-order valence-electron chi connectivity index (χ0n) is 41.4. The number of hydrogen-bond acceptors (Lipinski definition) is 14. The molecule has 0 spiro atoms. The largest absolute Gasteiger partial charge is 0.481 e. The summed E-state index contributed by atoms with van der Waals surface area (Å²) in [6.45, 7) is 0. The molecule has 0 amide bonds. The number of halogens is 2. The summed E-state index contributed by atoms with van der Waals surface area (Å²) in [5.41, 5.74) is 7.06. The Bertz CT molecular complexity index is 3780. The number of unbranched alkanes of at least 4 members (excludes halogenated alkanes) is 2. The standard InChI is InChI=1S/2C29H23FN4O5/c2*30-18-10-12-19(13-11-18)34-26(7-3-4-8-27(35)36)31-23-15-17(9-14-20(23)29(34)37)22-16-25(39-33-22)28-32-21-5-1-2-6-24(21)38-28/h2*1-2,5-6,9-15,25H,3-4,7-8,16H2,(H,35,36)/t2*25-/m10/s1. The molecule has 0 unspecified atom stereocenters. The van der Waals surface area contributed by atoms with E-state index >= 15 is 0 Å². The Morgan fingerprint density at radius 1 is 0.513 bits per heavy atom. The van der Waals surface area contributed by atoms with Gasteiger partial charge in [-0.2, -0.15) is 0 Å². The molecule has 78 heavy (non-hydrogen) atoms. The van der Waals surface area contributed by atoms with Gasteiger partial charge in [-0.15, -0.1) is 0 Å². The van der Waals surface area contributed by atoms with Crippen molar-refractivity contribution >= 4 is 67.4 Å². The lowest BCUT2D eigenvalue weighted by Crippen LogP contribution is -2.24. The van der Waals surface area contributed by atoms with E-state index in [9.17, 15) is 28.0 Å². The molecule has 0 bridgehead atoms. The van der Waals surface area contributed by atoms with Gasteiger partial charge in [-0.3, -0.25) is 28.3 Å². The van der Waals surface area contributed by atoms with Gasteiger partial charge in [0.1, 0.15) is 34.3 Å². The normalized spacial score (nSPS) is 15.0. The van der Waals surface area contributed by atoms with Crippen LogP contribution in [0.1, 0.15) is 98.1 Å². The number of nitrogens with zero attached hydrogens (tertiary/aromatic N) is 8. The number of oxazole rings is 2. The highest BCUT2D eigenvalue weighted by Crippen LogP contribution is 2.34. The maximum Gasteiger partial charge on any atom is 0.303 e. The van der Waals surface area contributed by atoms with E-state index in [-0.39, 0.29) is 24.0 Å². The molecule has 0 aliphatic carbocycles. The third-order valence-electron chi connectivity index (χ3n) is 13.3. The highest BCUT2D eigenvalue weighted by Gasteiger charge is 2.31. The van der Waals surface area contributed by atoms with Crippen molar-refractivity contribution in [2.24, 2.45) is 10.3 Å². The van der Waals surface area contributed by atoms with Gasteiger partial charge in [0.05, 0.1) is 44.6 Å². The van der Waals surface area contributed by atoms with Gasteiger partial charge in [-0.25, -0.2) is 28.7 Å². The molecule has 392 valence electrons. The smallest absolute Gasteiger partial charge is 0.303 e. The van der Waals surface area contributed by atoms with E-state index in [0.717, 1.165) is 22.2 Å². The summed E-state index contributed by atoms with van der Waals surface area (Å²) >= 11 is 0. The van der Waals surface area contributed by atoms with Gasteiger partial charge < -0.3 is 28.7 Å². The van der Waals surface area contributed by atoms with Gasteiger partial charge in [0.15, 0.2) is 11.2 Å². The number of carboxylic acid groups (broad SMARTS) is 2. The number of hydrogen-bond donors (Lipinski definition) is 2. The van der Waals surface area contributed by atoms with E-state index in [1.807, 2.05) is 48.5 Å². The maximum atomic E-state index is 13.6. The number of carboxylic acids is 2. The SMILES string of the molecule is O=C(O)CCCCc1nc2cc(C3=NO[C@@H](c4nc5ccccc5o4)C3)ccc2c(=O)n1-c1ccc(F)cc1.O=C(O)CCCCc1nc2cc(C3=NO[C@H](c4nc5ccccc5o4)C3)ccc2c(=O)n1-c1ccc(F)cc1. The molecular formula is C58H46F2N8O10. The van der Waals surface area contributed by atoms with Crippen LogP contribution in [-0.2, 0) is 32.1 Å². The molecular weight excluding hydrogens is 1010 g/mol. The zero-order chi connectivity index (χ0) is 53.9. The van der Waals surface area contributed by atoms with Crippen LogP contribution in [0, 0.1) is 11.6 Å². The predicted octanol–water partition coefficient (Wildman–Crippen LogP) is 10.7. The minimum atomic E-state index is -0.877. The maximum absolute atomic E-state index is 13.6. The van der Waals surface area contributed by atoms with Crippen LogP contribution in [0.4, 0.5) is 8.78 Å². The molecule has 6 aromatic carbocycles. The first kappa shape index (κ1) is 50.4. The number of aliphatic carboxylic acids is 2. The van der Waals surface area contributed by atoms with Crippen LogP contribution >= 0.6 is 0 Å². The summed E-state index contributed by atoms with van der Waals surface area (Å²) in [7, 11) is 0. The van der Waals surface area contributed by atoms with Crippen molar-refractivity contribution in [3.63, 3.8) is 0 Å². The third kappa shape index (κ3) is 10.7. The molecule has 2 N–H and O–H groups in total. The first-order chi connectivity index (χ1) is 37.9. The molecule has 6 heterocycles. The molecule has 0 saturated carbocycles.